The summed E-state index contributed by atoms with van der Waals surface area (Å²) in [6, 6.07) is 16.3. The fourth-order valence-corrected chi connectivity index (χ4v) is 4.84. The summed E-state index contributed by atoms with van der Waals surface area (Å²) in [4.78, 5) is 12.7. The van der Waals surface area contributed by atoms with Crippen LogP contribution >= 0.6 is 0 Å². The van der Waals surface area contributed by atoms with Crippen LogP contribution < -0.4 is 23.8 Å². The lowest BCUT2D eigenvalue weighted by molar-refractivity contribution is -0.119. The molecule has 0 bridgehead atoms. The highest BCUT2D eigenvalue weighted by Gasteiger charge is 2.29. The first-order chi connectivity index (χ1) is 16.4. The number of nitrogens with zero attached hydrogens (tertiary/aromatic N) is 1. The molecule has 0 aromatic heterocycles. The van der Waals surface area contributed by atoms with Gasteiger partial charge < -0.3 is 19.5 Å². The summed E-state index contributed by atoms with van der Waals surface area (Å²) in [7, 11) is -2.65. The molecule has 0 saturated heterocycles. The lowest BCUT2D eigenvalue weighted by atomic mass is 10.2. The van der Waals surface area contributed by atoms with Crippen LogP contribution in [0.15, 0.2) is 71.6 Å². The molecule has 0 radical (unpaired) electrons. The van der Waals surface area contributed by atoms with E-state index in [0.29, 0.717) is 30.5 Å². The molecule has 1 amide bonds. The van der Waals surface area contributed by atoms with Gasteiger partial charge in [0.05, 0.1) is 17.7 Å². The zero-order valence-electron chi connectivity index (χ0n) is 18.4. The molecule has 1 aliphatic rings. The molecule has 34 heavy (non-hydrogen) atoms. The molecule has 0 saturated carbocycles. The molecule has 1 aliphatic heterocycles. The zero-order chi connectivity index (χ0) is 24.1. The molecule has 10 heteroatoms. The van der Waals surface area contributed by atoms with Gasteiger partial charge in [-0.25, -0.2) is 12.8 Å². The SMILES string of the molecule is COc1cccc(CNC(=O)CN(c2ccc(F)cc2)S(=O)(=O)c2ccc3c(c2)OCCO3)c1. The van der Waals surface area contributed by atoms with E-state index in [1.165, 1.54) is 30.3 Å². The Morgan fingerprint density at radius 1 is 1.03 bits per heavy atom. The number of nitrogens with one attached hydrogen (secondary N) is 1. The van der Waals surface area contributed by atoms with E-state index in [0.717, 1.165) is 22.0 Å². The standard InChI is InChI=1S/C24H23FN2O6S/c1-31-20-4-2-3-17(13-20)15-26-24(28)16-27(19-7-5-18(25)6-8-19)34(29,30)21-9-10-22-23(14-21)33-12-11-32-22/h2-10,13-14H,11-12,15-16H2,1H3,(H,26,28). The molecule has 4 rings (SSSR count). The van der Waals surface area contributed by atoms with E-state index in [4.69, 9.17) is 14.2 Å². The summed E-state index contributed by atoms with van der Waals surface area (Å²) in [5.41, 5.74) is 0.934. The third kappa shape index (κ3) is 5.23. The van der Waals surface area contributed by atoms with E-state index in [-0.39, 0.29) is 17.1 Å². The molecule has 3 aromatic rings. The largest absolute Gasteiger partial charge is 0.497 e. The van der Waals surface area contributed by atoms with Crippen molar-refractivity contribution in [2.24, 2.45) is 0 Å². The maximum Gasteiger partial charge on any atom is 0.264 e. The quantitative estimate of drug-likeness (QED) is 0.526. The average Bonchev–Trinajstić information content (AvgIpc) is 2.86. The number of rotatable bonds is 8. The minimum Gasteiger partial charge on any atom is -0.497 e. The van der Waals surface area contributed by atoms with Gasteiger partial charge >= 0.3 is 0 Å². The van der Waals surface area contributed by atoms with Gasteiger partial charge in [0.15, 0.2) is 11.5 Å². The molecule has 0 unspecified atom stereocenters. The number of hydrogen-bond acceptors (Lipinski definition) is 6. The molecule has 1 N–H and O–H groups in total. The number of halogens is 1. The van der Waals surface area contributed by atoms with Gasteiger partial charge in [-0.1, -0.05) is 12.1 Å². The molecule has 178 valence electrons. The van der Waals surface area contributed by atoms with E-state index in [1.54, 1.807) is 25.3 Å². The summed E-state index contributed by atoms with van der Waals surface area (Å²) >= 11 is 0. The van der Waals surface area contributed by atoms with Crippen LogP contribution in [0.1, 0.15) is 5.56 Å². The van der Waals surface area contributed by atoms with Gasteiger partial charge in [-0.2, -0.15) is 0 Å². The highest BCUT2D eigenvalue weighted by molar-refractivity contribution is 7.92. The molecule has 0 fully saturated rings. The summed E-state index contributed by atoms with van der Waals surface area (Å²) in [5, 5.41) is 2.72. The molecule has 8 nitrogen and oxygen atoms in total. The maximum absolute atomic E-state index is 13.5. The van der Waals surface area contributed by atoms with Gasteiger partial charge in [-0.05, 0) is 54.1 Å². The lowest BCUT2D eigenvalue weighted by Crippen LogP contribution is -2.40. The van der Waals surface area contributed by atoms with Crippen LogP contribution in [0.25, 0.3) is 0 Å². The Morgan fingerprint density at radius 3 is 2.50 bits per heavy atom. The number of fused-ring (bicyclic) bond motifs is 1. The third-order valence-electron chi connectivity index (χ3n) is 5.13. The summed E-state index contributed by atoms with van der Waals surface area (Å²) in [6.45, 7) is 0.336. The fraction of sp³-hybridized carbons (Fsp3) is 0.208. The second-order valence-corrected chi connectivity index (χ2v) is 9.28. The number of carbonyl (C=O) groups is 1. The first-order valence-electron chi connectivity index (χ1n) is 10.4. The number of anilines is 1. The third-order valence-corrected chi connectivity index (χ3v) is 6.90. The number of carbonyl (C=O) groups excluding carboxylic acids is 1. The second-order valence-electron chi connectivity index (χ2n) is 7.42. The number of ether oxygens (including phenoxy) is 3. The fourth-order valence-electron chi connectivity index (χ4n) is 3.40. The Balaban J connectivity index is 1.59. The lowest BCUT2D eigenvalue weighted by Gasteiger charge is -2.25. The van der Waals surface area contributed by atoms with Crippen molar-refractivity contribution < 1.29 is 31.8 Å². The first kappa shape index (κ1) is 23.4. The van der Waals surface area contributed by atoms with Gasteiger partial charge in [0.25, 0.3) is 10.0 Å². The maximum atomic E-state index is 13.5. The van der Waals surface area contributed by atoms with Crippen LogP contribution in [-0.2, 0) is 21.4 Å². The van der Waals surface area contributed by atoms with Crippen molar-refractivity contribution in [1.82, 2.24) is 5.32 Å². The number of methoxy groups -OCH3 is 1. The monoisotopic (exact) mass is 486 g/mol. The molecule has 0 atom stereocenters. The highest BCUT2D eigenvalue weighted by Crippen LogP contribution is 2.34. The molecule has 1 heterocycles. The first-order valence-corrected chi connectivity index (χ1v) is 11.9. The summed E-state index contributed by atoms with van der Waals surface area (Å²) in [5.74, 6) is 0.320. The molecule has 0 spiro atoms. The topological polar surface area (TPSA) is 94.2 Å². The van der Waals surface area contributed by atoms with E-state index in [9.17, 15) is 17.6 Å². The Hall–Kier alpha value is -3.79. The number of hydrogen-bond donors (Lipinski definition) is 1. The van der Waals surface area contributed by atoms with Crippen LogP contribution in [0.5, 0.6) is 17.2 Å². The number of benzene rings is 3. The second kappa shape index (κ2) is 10.0. The van der Waals surface area contributed by atoms with E-state index in [2.05, 4.69) is 5.32 Å². The minimum atomic E-state index is -4.19. The van der Waals surface area contributed by atoms with Gasteiger partial charge in [0.1, 0.15) is 31.3 Å². The van der Waals surface area contributed by atoms with E-state index in [1.807, 2.05) is 6.07 Å². The number of amides is 1. The predicted octanol–water partition coefficient (Wildman–Crippen LogP) is 3.12. The highest BCUT2D eigenvalue weighted by atomic mass is 32.2. The Bertz CT molecular complexity index is 1280. The van der Waals surface area contributed by atoms with Crippen molar-refractivity contribution in [3.8, 4) is 17.2 Å². The smallest absolute Gasteiger partial charge is 0.264 e. The molecular formula is C24H23FN2O6S. The van der Waals surface area contributed by atoms with Gasteiger partial charge in [0, 0.05) is 12.6 Å². The average molecular weight is 487 g/mol. The van der Waals surface area contributed by atoms with Gasteiger partial charge in [0.2, 0.25) is 5.91 Å². The van der Waals surface area contributed by atoms with Crippen molar-refractivity contribution in [1.29, 1.82) is 0 Å². The Morgan fingerprint density at radius 2 is 1.76 bits per heavy atom. The minimum absolute atomic E-state index is 0.0818. The van der Waals surface area contributed by atoms with E-state index < -0.39 is 28.3 Å². The van der Waals surface area contributed by atoms with Crippen molar-refractivity contribution in [3.05, 3.63) is 78.1 Å². The Labute approximate surface area is 196 Å². The van der Waals surface area contributed by atoms with Crippen LogP contribution in [0.2, 0.25) is 0 Å². The van der Waals surface area contributed by atoms with Crippen LogP contribution in [0.3, 0.4) is 0 Å². The molecular weight excluding hydrogens is 463 g/mol. The number of sulfonamides is 1. The van der Waals surface area contributed by atoms with Gasteiger partial charge in [-0.3, -0.25) is 9.10 Å². The normalized spacial score (nSPS) is 12.6. The molecule has 0 aliphatic carbocycles. The zero-order valence-corrected chi connectivity index (χ0v) is 19.2. The molecule has 3 aromatic carbocycles. The van der Waals surface area contributed by atoms with Crippen molar-refractivity contribution in [2.75, 3.05) is 31.2 Å². The van der Waals surface area contributed by atoms with Crippen molar-refractivity contribution in [2.45, 2.75) is 11.4 Å². The van der Waals surface area contributed by atoms with Crippen LogP contribution in [0, 0.1) is 5.82 Å². The van der Waals surface area contributed by atoms with Crippen LogP contribution in [-0.4, -0.2) is 41.2 Å². The Kier molecular flexibility index (Phi) is 6.87. The van der Waals surface area contributed by atoms with Crippen molar-refractivity contribution >= 4 is 21.6 Å². The predicted molar refractivity (Wildman–Crippen MR) is 123 cm³/mol. The summed E-state index contributed by atoms with van der Waals surface area (Å²) in [6.07, 6.45) is 0. The van der Waals surface area contributed by atoms with Crippen molar-refractivity contribution in [3.63, 3.8) is 0 Å². The summed E-state index contributed by atoms with van der Waals surface area (Å²) < 4.78 is 57.6. The van der Waals surface area contributed by atoms with Gasteiger partial charge in [-0.15, -0.1) is 0 Å². The van der Waals surface area contributed by atoms with Crippen LogP contribution in [0.4, 0.5) is 10.1 Å². The van der Waals surface area contributed by atoms with E-state index >= 15 is 0 Å².